The monoisotopic (exact) mass is 459 g/mol. The van der Waals surface area contributed by atoms with Crippen molar-refractivity contribution in [3.63, 3.8) is 0 Å². The summed E-state index contributed by atoms with van der Waals surface area (Å²) in [6.45, 7) is 5.05. The fraction of sp³-hybridized carbons (Fsp3) is 0.345. The van der Waals surface area contributed by atoms with Gasteiger partial charge in [0.2, 0.25) is 0 Å². The molecule has 4 rings (SSSR count). The summed E-state index contributed by atoms with van der Waals surface area (Å²) in [6, 6.07) is 26.4. The third-order valence-corrected chi connectivity index (χ3v) is 6.02. The van der Waals surface area contributed by atoms with Gasteiger partial charge in [-0.1, -0.05) is 60.7 Å². The second kappa shape index (κ2) is 12.2. The van der Waals surface area contributed by atoms with Gasteiger partial charge in [-0.15, -0.1) is 0 Å². The lowest BCUT2D eigenvalue weighted by Crippen LogP contribution is -2.33. The van der Waals surface area contributed by atoms with E-state index in [9.17, 15) is 4.79 Å². The lowest BCUT2D eigenvalue weighted by atomic mass is 10.0. The van der Waals surface area contributed by atoms with Gasteiger partial charge in [-0.25, -0.2) is 4.79 Å². The number of ether oxygens (including phenoxy) is 3. The average Bonchev–Trinajstić information content (AvgIpc) is 2.88. The Hall–Kier alpha value is -3.31. The average molecular weight is 460 g/mol. The number of hydrogen-bond donors (Lipinski definition) is 0. The third kappa shape index (κ3) is 6.61. The van der Waals surface area contributed by atoms with E-state index in [0.29, 0.717) is 26.2 Å². The van der Waals surface area contributed by atoms with E-state index in [0.717, 1.165) is 36.4 Å². The molecule has 0 saturated heterocycles. The number of rotatable bonds is 11. The molecule has 0 N–H and O–H groups in total. The summed E-state index contributed by atoms with van der Waals surface area (Å²) in [4.78, 5) is 14.8. The molecule has 5 nitrogen and oxygen atoms in total. The molecule has 0 saturated carbocycles. The Morgan fingerprint density at radius 1 is 0.941 bits per heavy atom. The number of anilines is 1. The van der Waals surface area contributed by atoms with Gasteiger partial charge < -0.3 is 19.1 Å². The summed E-state index contributed by atoms with van der Waals surface area (Å²) in [5.74, 6) is 0.493. The van der Waals surface area contributed by atoms with E-state index in [-0.39, 0.29) is 5.97 Å². The molecular formula is C29H33NO4. The fourth-order valence-corrected chi connectivity index (χ4v) is 4.27. The van der Waals surface area contributed by atoms with Crippen molar-refractivity contribution in [2.75, 3.05) is 31.2 Å². The van der Waals surface area contributed by atoms with Crippen molar-refractivity contribution in [3.05, 3.63) is 95.6 Å². The molecule has 0 radical (unpaired) electrons. The van der Waals surface area contributed by atoms with E-state index in [4.69, 9.17) is 14.2 Å². The highest BCUT2D eigenvalue weighted by atomic mass is 16.6. The van der Waals surface area contributed by atoms with E-state index in [2.05, 4.69) is 29.2 Å². The molecule has 1 aliphatic rings. The molecule has 1 aliphatic heterocycles. The Balaban J connectivity index is 1.29. The Labute approximate surface area is 202 Å². The standard InChI is InChI=1S/C29H33NO4/c1-2-32-29(31)28(34-22-24-9-4-3-5-10-24)21-23-14-16-26(17-15-23)33-20-19-30-18-8-12-25-11-6-7-13-27(25)30/h3-7,9-11,13-17,28H,2,8,12,18-22H2,1H3. The normalized spacial score (nSPS) is 13.7. The van der Waals surface area contributed by atoms with Crippen LogP contribution in [0.4, 0.5) is 5.69 Å². The highest BCUT2D eigenvalue weighted by Crippen LogP contribution is 2.26. The number of hydrogen-bond acceptors (Lipinski definition) is 5. The van der Waals surface area contributed by atoms with Gasteiger partial charge in [0.05, 0.1) is 19.8 Å². The van der Waals surface area contributed by atoms with Gasteiger partial charge in [0.1, 0.15) is 12.4 Å². The first kappa shape index (κ1) is 23.8. The number of para-hydroxylation sites is 1. The zero-order valence-corrected chi connectivity index (χ0v) is 19.8. The summed E-state index contributed by atoms with van der Waals surface area (Å²) in [7, 11) is 0. The predicted molar refractivity (Wildman–Crippen MR) is 134 cm³/mol. The van der Waals surface area contributed by atoms with Crippen LogP contribution < -0.4 is 9.64 Å². The molecule has 0 bridgehead atoms. The zero-order chi connectivity index (χ0) is 23.6. The molecule has 0 spiro atoms. The molecule has 3 aromatic rings. The molecule has 178 valence electrons. The van der Waals surface area contributed by atoms with E-state index in [1.807, 2.05) is 54.6 Å². The number of carbonyl (C=O) groups excluding carboxylic acids is 1. The minimum atomic E-state index is -0.647. The van der Waals surface area contributed by atoms with Gasteiger partial charge in [0.25, 0.3) is 0 Å². The van der Waals surface area contributed by atoms with E-state index in [1.165, 1.54) is 17.7 Å². The molecule has 1 heterocycles. The van der Waals surface area contributed by atoms with Crippen molar-refractivity contribution < 1.29 is 19.0 Å². The van der Waals surface area contributed by atoms with Crippen LogP contribution in [0.3, 0.4) is 0 Å². The van der Waals surface area contributed by atoms with E-state index >= 15 is 0 Å². The Kier molecular flexibility index (Phi) is 8.58. The number of benzene rings is 3. The number of aryl methyl sites for hydroxylation is 1. The molecule has 3 aromatic carbocycles. The number of carbonyl (C=O) groups is 1. The summed E-state index contributed by atoms with van der Waals surface area (Å²) < 4.78 is 17.2. The smallest absolute Gasteiger partial charge is 0.335 e. The maximum absolute atomic E-state index is 12.4. The topological polar surface area (TPSA) is 48.0 Å². The predicted octanol–water partition coefficient (Wildman–Crippen LogP) is 5.21. The highest BCUT2D eigenvalue weighted by Gasteiger charge is 2.21. The molecule has 0 fully saturated rings. The first-order chi connectivity index (χ1) is 16.7. The Morgan fingerprint density at radius 2 is 1.71 bits per heavy atom. The van der Waals surface area contributed by atoms with E-state index in [1.54, 1.807) is 6.92 Å². The minimum Gasteiger partial charge on any atom is -0.492 e. The maximum Gasteiger partial charge on any atom is 0.335 e. The molecule has 1 unspecified atom stereocenters. The lowest BCUT2D eigenvalue weighted by molar-refractivity contribution is -0.157. The second-order valence-electron chi connectivity index (χ2n) is 8.45. The van der Waals surface area contributed by atoms with Crippen molar-refractivity contribution >= 4 is 11.7 Å². The third-order valence-electron chi connectivity index (χ3n) is 6.02. The van der Waals surface area contributed by atoms with Gasteiger partial charge in [0.15, 0.2) is 6.10 Å². The van der Waals surface area contributed by atoms with Gasteiger partial charge in [0, 0.05) is 18.7 Å². The summed E-state index contributed by atoms with van der Waals surface area (Å²) in [5.41, 5.74) is 4.78. The molecule has 0 aromatic heterocycles. The van der Waals surface area contributed by atoms with Gasteiger partial charge in [-0.3, -0.25) is 0 Å². The molecule has 0 aliphatic carbocycles. The van der Waals surface area contributed by atoms with Crippen molar-refractivity contribution in [1.29, 1.82) is 0 Å². The van der Waals surface area contributed by atoms with Gasteiger partial charge in [-0.2, -0.15) is 0 Å². The first-order valence-electron chi connectivity index (χ1n) is 12.1. The van der Waals surface area contributed by atoms with Crippen LogP contribution in [0, 0.1) is 0 Å². The van der Waals surface area contributed by atoms with E-state index < -0.39 is 6.10 Å². The molecule has 5 heteroatoms. The van der Waals surface area contributed by atoms with Crippen LogP contribution in [0.15, 0.2) is 78.9 Å². The lowest BCUT2D eigenvalue weighted by Gasteiger charge is -2.31. The maximum atomic E-state index is 12.4. The quantitative estimate of drug-likeness (QED) is 0.369. The Morgan fingerprint density at radius 3 is 2.50 bits per heavy atom. The molecule has 0 amide bonds. The van der Waals surface area contributed by atoms with Crippen LogP contribution in [0.1, 0.15) is 30.0 Å². The minimum absolute atomic E-state index is 0.332. The molecule has 1 atom stereocenters. The SMILES string of the molecule is CCOC(=O)C(Cc1ccc(OCCN2CCCc3ccccc32)cc1)OCc1ccccc1. The number of esters is 1. The van der Waals surface area contributed by atoms with Gasteiger partial charge >= 0.3 is 5.97 Å². The summed E-state index contributed by atoms with van der Waals surface area (Å²) in [6.07, 6.45) is 2.14. The van der Waals surface area contributed by atoms with Crippen molar-refractivity contribution in [2.45, 2.75) is 38.9 Å². The van der Waals surface area contributed by atoms with Crippen LogP contribution in [-0.2, 0) is 33.7 Å². The van der Waals surface area contributed by atoms with Crippen LogP contribution in [0.25, 0.3) is 0 Å². The Bertz CT molecular complexity index is 1040. The number of fused-ring (bicyclic) bond motifs is 1. The number of nitrogens with zero attached hydrogens (tertiary/aromatic N) is 1. The molecule has 34 heavy (non-hydrogen) atoms. The zero-order valence-electron chi connectivity index (χ0n) is 19.8. The van der Waals surface area contributed by atoms with Crippen molar-refractivity contribution in [1.82, 2.24) is 0 Å². The highest BCUT2D eigenvalue weighted by molar-refractivity contribution is 5.75. The van der Waals surface area contributed by atoms with Crippen molar-refractivity contribution in [2.24, 2.45) is 0 Å². The summed E-state index contributed by atoms with van der Waals surface area (Å²) in [5, 5.41) is 0. The van der Waals surface area contributed by atoms with Crippen LogP contribution in [0.5, 0.6) is 5.75 Å². The van der Waals surface area contributed by atoms with Crippen LogP contribution in [-0.4, -0.2) is 38.4 Å². The largest absolute Gasteiger partial charge is 0.492 e. The fourth-order valence-electron chi connectivity index (χ4n) is 4.27. The van der Waals surface area contributed by atoms with Gasteiger partial charge in [-0.05, 0) is 54.7 Å². The first-order valence-corrected chi connectivity index (χ1v) is 12.1. The molecular weight excluding hydrogens is 426 g/mol. The van der Waals surface area contributed by atoms with Crippen molar-refractivity contribution in [3.8, 4) is 5.75 Å². The van der Waals surface area contributed by atoms with Crippen LogP contribution in [0.2, 0.25) is 0 Å². The second-order valence-corrected chi connectivity index (χ2v) is 8.45. The van der Waals surface area contributed by atoms with Crippen LogP contribution >= 0.6 is 0 Å². The summed E-state index contributed by atoms with van der Waals surface area (Å²) >= 11 is 0.